The molecule has 1 N–H and O–H groups in total. The Hall–Kier alpha value is -2.22. The van der Waals surface area contributed by atoms with E-state index in [1.165, 1.54) is 22.7 Å². The molecule has 0 saturated heterocycles. The lowest BCUT2D eigenvalue weighted by atomic mass is 10.0. The van der Waals surface area contributed by atoms with Crippen LogP contribution in [0.5, 0.6) is 0 Å². The summed E-state index contributed by atoms with van der Waals surface area (Å²) in [5.74, 6) is 0.621. The SMILES string of the molecule is CC(C)CN1C(Cc2ccccc2)=CC=C2NC=CC=C21. The zero-order chi connectivity index (χ0) is 14.7. The van der Waals surface area contributed by atoms with Gasteiger partial charge in [-0.2, -0.15) is 0 Å². The fourth-order valence-electron chi connectivity index (χ4n) is 2.77. The number of nitrogens with one attached hydrogen (secondary N) is 1. The van der Waals surface area contributed by atoms with Crippen LogP contribution >= 0.6 is 0 Å². The highest BCUT2D eigenvalue weighted by atomic mass is 15.2. The molecule has 2 aliphatic rings. The molecular weight excluding hydrogens is 256 g/mol. The van der Waals surface area contributed by atoms with Crippen LogP contribution in [0.1, 0.15) is 19.4 Å². The molecule has 0 saturated carbocycles. The number of allylic oxidation sites excluding steroid dienone is 5. The van der Waals surface area contributed by atoms with Gasteiger partial charge >= 0.3 is 0 Å². The van der Waals surface area contributed by atoms with Crippen LogP contribution in [0.2, 0.25) is 0 Å². The molecule has 2 heterocycles. The van der Waals surface area contributed by atoms with Crippen molar-refractivity contribution in [2.75, 3.05) is 6.54 Å². The van der Waals surface area contributed by atoms with Crippen LogP contribution in [0.4, 0.5) is 0 Å². The van der Waals surface area contributed by atoms with E-state index in [1.54, 1.807) is 0 Å². The van der Waals surface area contributed by atoms with Gasteiger partial charge in [-0.3, -0.25) is 0 Å². The van der Waals surface area contributed by atoms with Crippen molar-refractivity contribution >= 4 is 0 Å². The third-order valence-electron chi connectivity index (χ3n) is 3.72. The minimum absolute atomic E-state index is 0.621. The largest absolute Gasteiger partial charge is 0.360 e. The Kier molecular flexibility index (Phi) is 3.96. The van der Waals surface area contributed by atoms with Crippen LogP contribution < -0.4 is 5.32 Å². The van der Waals surface area contributed by atoms with E-state index >= 15 is 0 Å². The minimum Gasteiger partial charge on any atom is -0.360 e. The highest BCUT2D eigenvalue weighted by molar-refractivity contribution is 5.45. The highest BCUT2D eigenvalue weighted by Crippen LogP contribution is 2.28. The summed E-state index contributed by atoms with van der Waals surface area (Å²) in [6.45, 7) is 5.58. The predicted octanol–water partition coefficient (Wildman–Crippen LogP) is 3.97. The zero-order valence-electron chi connectivity index (χ0n) is 12.7. The maximum atomic E-state index is 3.33. The molecule has 2 nitrogen and oxygen atoms in total. The molecule has 21 heavy (non-hydrogen) atoms. The normalized spacial score (nSPS) is 16.9. The van der Waals surface area contributed by atoms with E-state index in [0.29, 0.717) is 5.92 Å². The number of hydrogen-bond donors (Lipinski definition) is 1. The number of hydrogen-bond acceptors (Lipinski definition) is 2. The van der Waals surface area contributed by atoms with Crippen molar-refractivity contribution in [3.63, 3.8) is 0 Å². The first kappa shape index (κ1) is 13.7. The molecule has 0 fully saturated rings. The maximum absolute atomic E-state index is 3.33. The third kappa shape index (κ3) is 3.10. The third-order valence-corrected chi connectivity index (χ3v) is 3.72. The van der Waals surface area contributed by atoms with Gasteiger partial charge in [-0.15, -0.1) is 0 Å². The number of rotatable bonds is 4. The van der Waals surface area contributed by atoms with Gasteiger partial charge in [-0.1, -0.05) is 44.2 Å². The Morgan fingerprint density at radius 3 is 2.62 bits per heavy atom. The van der Waals surface area contributed by atoms with Crippen molar-refractivity contribution < 1.29 is 0 Å². The fourth-order valence-corrected chi connectivity index (χ4v) is 2.77. The van der Waals surface area contributed by atoms with Gasteiger partial charge in [0, 0.05) is 24.9 Å². The van der Waals surface area contributed by atoms with Crippen LogP contribution in [0.3, 0.4) is 0 Å². The Morgan fingerprint density at radius 2 is 1.86 bits per heavy atom. The number of fused-ring (bicyclic) bond motifs is 1. The first-order valence-corrected chi connectivity index (χ1v) is 7.60. The van der Waals surface area contributed by atoms with Crippen molar-refractivity contribution in [1.82, 2.24) is 10.2 Å². The van der Waals surface area contributed by atoms with Crippen molar-refractivity contribution in [2.45, 2.75) is 20.3 Å². The summed E-state index contributed by atoms with van der Waals surface area (Å²) < 4.78 is 0. The Balaban J connectivity index is 1.90. The summed E-state index contributed by atoms with van der Waals surface area (Å²) in [6.07, 6.45) is 11.7. The number of benzene rings is 1. The quantitative estimate of drug-likeness (QED) is 0.896. The number of dihydropyridines is 1. The molecule has 0 spiro atoms. The smallest absolute Gasteiger partial charge is 0.0648 e. The molecule has 0 aliphatic carbocycles. The van der Waals surface area contributed by atoms with Crippen LogP contribution in [0.15, 0.2) is 77.9 Å². The molecule has 0 amide bonds. The summed E-state index contributed by atoms with van der Waals surface area (Å²) in [7, 11) is 0. The van der Waals surface area contributed by atoms with E-state index in [4.69, 9.17) is 0 Å². The lowest BCUT2D eigenvalue weighted by Crippen LogP contribution is -2.33. The van der Waals surface area contributed by atoms with E-state index in [-0.39, 0.29) is 0 Å². The molecule has 1 aromatic carbocycles. The second-order valence-corrected chi connectivity index (χ2v) is 5.96. The first-order chi connectivity index (χ1) is 10.2. The standard InChI is InChI=1S/C19H22N2/c1-15(2)14-21-17(13-16-7-4-3-5-8-16)10-11-18-19(21)9-6-12-20-18/h3-12,15,20H,13-14H2,1-2H3. The average Bonchev–Trinajstić information content (AvgIpc) is 2.50. The summed E-state index contributed by atoms with van der Waals surface area (Å²) in [5, 5.41) is 3.33. The van der Waals surface area contributed by atoms with Gasteiger partial charge in [-0.05, 0) is 35.8 Å². The summed E-state index contributed by atoms with van der Waals surface area (Å²) >= 11 is 0. The average molecular weight is 278 g/mol. The Morgan fingerprint density at radius 1 is 1.05 bits per heavy atom. The minimum atomic E-state index is 0.621. The van der Waals surface area contributed by atoms with Gasteiger partial charge < -0.3 is 10.2 Å². The van der Waals surface area contributed by atoms with Gasteiger partial charge in [0.15, 0.2) is 0 Å². The first-order valence-electron chi connectivity index (χ1n) is 7.60. The van der Waals surface area contributed by atoms with Crippen molar-refractivity contribution in [3.8, 4) is 0 Å². The van der Waals surface area contributed by atoms with E-state index in [9.17, 15) is 0 Å². The lowest BCUT2D eigenvalue weighted by Gasteiger charge is -2.36. The van der Waals surface area contributed by atoms with E-state index < -0.39 is 0 Å². The van der Waals surface area contributed by atoms with Crippen LogP contribution in [0.25, 0.3) is 0 Å². The summed E-state index contributed by atoms with van der Waals surface area (Å²) in [4.78, 5) is 2.45. The molecule has 0 radical (unpaired) electrons. The van der Waals surface area contributed by atoms with E-state index in [2.05, 4.69) is 78.7 Å². The molecule has 1 aromatic rings. The summed E-state index contributed by atoms with van der Waals surface area (Å²) in [6, 6.07) is 10.7. The Labute approximate surface area is 127 Å². The lowest BCUT2D eigenvalue weighted by molar-refractivity contribution is 0.361. The van der Waals surface area contributed by atoms with Crippen molar-refractivity contribution in [3.05, 3.63) is 83.5 Å². The zero-order valence-corrected chi connectivity index (χ0v) is 12.7. The monoisotopic (exact) mass is 278 g/mol. The highest BCUT2D eigenvalue weighted by Gasteiger charge is 2.22. The van der Waals surface area contributed by atoms with Crippen LogP contribution in [0, 0.1) is 5.92 Å². The van der Waals surface area contributed by atoms with Crippen molar-refractivity contribution in [2.24, 2.45) is 5.92 Å². The molecular formula is C19H22N2. The molecule has 0 atom stereocenters. The number of nitrogens with zero attached hydrogens (tertiary/aromatic N) is 1. The van der Waals surface area contributed by atoms with Crippen LogP contribution in [-0.2, 0) is 6.42 Å². The van der Waals surface area contributed by atoms with Gasteiger partial charge in [0.2, 0.25) is 0 Å². The van der Waals surface area contributed by atoms with Gasteiger partial charge in [0.1, 0.15) is 0 Å². The van der Waals surface area contributed by atoms with E-state index in [0.717, 1.165) is 13.0 Å². The molecule has 0 unspecified atom stereocenters. The maximum Gasteiger partial charge on any atom is 0.0648 e. The molecule has 108 valence electrons. The van der Waals surface area contributed by atoms with Crippen LogP contribution in [-0.4, -0.2) is 11.4 Å². The topological polar surface area (TPSA) is 15.3 Å². The molecule has 2 heteroatoms. The van der Waals surface area contributed by atoms with Gasteiger partial charge in [-0.25, -0.2) is 0 Å². The molecule has 0 bridgehead atoms. The Bertz CT molecular complexity index is 618. The summed E-state index contributed by atoms with van der Waals surface area (Å²) in [5.41, 5.74) is 5.19. The van der Waals surface area contributed by atoms with Crippen molar-refractivity contribution in [1.29, 1.82) is 0 Å². The molecule has 3 rings (SSSR count). The van der Waals surface area contributed by atoms with Gasteiger partial charge in [0.05, 0.1) is 11.4 Å². The molecule has 0 aromatic heterocycles. The molecule has 2 aliphatic heterocycles. The fraction of sp³-hybridized carbons (Fsp3) is 0.263. The second-order valence-electron chi connectivity index (χ2n) is 5.96. The van der Waals surface area contributed by atoms with Gasteiger partial charge in [0.25, 0.3) is 0 Å². The van der Waals surface area contributed by atoms with E-state index in [1.807, 2.05) is 6.20 Å². The predicted molar refractivity (Wildman–Crippen MR) is 88.2 cm³/mol. The second kappa shape index (κ2) is 6.04.